The first kappa shape index (κ1) is 13.0. The number of halogens is 1. The minimum Gasteiger partial charge on any atom is -0.390 e. The molecule has 0 spiro atoms. The van der Waals surface area contributed by atoms with E-state index in [1.165, 1.54) is 16.8 Å². The zero-order chi connectivity index (χ0) is 13.6. The monoisotopic (exact) mass is 257 g/mol. The molecule has 0 saturated carbocycles. The molecule has 0 unspecified atom stereocenters. The van der Waals surface area contributed by atoms with Gasteiger partial charge in [-0.3, -0.25) is 4.57 Å². The van der Waals surface area contributed by atoms with Gasteiger partial charge in [-0.25, -0.2) is 9.18 Å². The summed E-state index contributed by atoms with van der Waals surface area (Å²) < 4.78 is 20.4. The molecular formula is C11H16FN3O3. The van der Waals surface area contributed by atoms with Crippen LogP contribution in [0.25, 0.3) is 0 Å². The smallest absolute Gasteiger partial charge is 0.351 e. The van der Waals surface area contributed by atoms with Crippen LogP contribution in [0.3, 0.4) is 0 Å². The maximum atomic E-state index is 14.1. The topological polar surface area (TPSA) is 90.4 Å². The van der Waals surface area contributed by atoms with Crippen molar-refractivity contribution in [1.82, 2.24) is 9.55 Å². The molecule has 2 atom stereocenters. The summed E-state index contributed by atoms with van der Waals surface area (Å²) in [5, 5.41) is 9.01. The van der Waals surface area contributed by atoms with Gasteiger partial charge in [-0.2, -0.15) is 4.98 Å². The lowest BCUT2D eigenvalue weighted by atomic mass is 9.87. The van der Waals surface area contributed by atoms with E-state index in [1.807, 2.05) is 0 Å². The number of nitrogens with zero attached hydrogens (tertiary/aromatic N) is 2. The number of hydrogen-bond donors (Lipinski definition) is 2. The lowest BCUT2D eigenvalue weighted by Gasteiger charge is -2.25. The van der Waals surface area contributed by atoms with Crippen LogP contribution in [0.4, 0.5) is 10.2 Å². The Morgan fingerprint density at radius 1 is 1.72 bits per heavy atom. The van der Waals surface area contributed by atoms with Gasteiger partial charge in [0.1, 0.15) is 18.7 Å². The van der Waals surface area contributed by atoms with Crippen LogP contribution in [0.2, 0.25) is 0 Å². The Kier molecular flexibility index (Phi) is 2.90. The lowest BCUT2D eigenvalue weighted by Crippen LogP contribution is -2.33. The molecule has 1 aromatic rings. The largest absolute Gasteiger partial charge is 0.390 e. The fourth-order valence-corrected chi connectivity index (χ4v) is 2.30. The zero-order valence-corrected chi connectivity index (χ0v) is 10.3. The van der Waals surface area contributed by atoms with E-state index in [1.54, 1.807) is 13.8 Å². The normalized spacial score (nSPS) is 30.6. The molecule has 2 rings (SSSR count). The molecule has 0 bridgehead atoms. The quantitative estimate of drug-likeness (QED) is 0.801. The Balaban J connectivity index is 2.42. The molecule has 0 amide bonds. The molecular weight excluding hydrogens is 241 g/mol. The van der Waals surface area contributed by atoms with Crippen LogP contribution in [-0.2, 0) is 4.74 Å². The maximum absolute atomic E-state index is 14.1. The average Bonchev–Trinajstić information content (AvgIpc) is 2.50. The van der Waals surface area contributed by atoms with Crippen molar-refractivity contribution in [2.45, 2.75) is 32.4 Å². The van der Waals surface area contributed by atoms with Crippen molar-refractivity contribution < 1.29 is 14.2 Å². The van der Waals surface area contributed by atoms with Crippen LogP contribution in [0, 0.1) is 5.41 Å². The van der Waals surface area contributed by atoms with Gasteiger partial charge in [-0.05, 0) is 6.07 Å². The minimum absolute atomic E-state index is 0.00200. The van der Waals surface area contributed by atoms with Crippen LogP contribution >= 0.6 is 0 Å². The highest BCUT2D eigenvalue weighted by atomic mass is 19.2. The van der Waals surface area contributed by atoms with Gasteiger partial charge in [0, 0.05) is 18.0 Å². The second-order valence-corrected chi connectivity index (χ2v) is 5.22. The Labute approximate surface area is 103 Å². The van der Waals surface area contributed by atoms with Gasteiger partial charge in [0.25, 0.3) is 0 Å². The highest BCUT2D eigenvalue weighted by molar-refractivity contribution is 5.23. The first-order valence-electron chi connectivity index (χ1n) is 5.60. The molecule has 6 nitrogen and oxygen atoms in total. The van der Waals surface area contributed by atoms with Crippen LogP contribution in [0.1, 0.15) is 26.5 Å². The van der Waals surface area contributed by atoms with Crippen molar-refractivity contribution >= 4 is 5.82 Å². The predicted octanol–water partition coefficient (Wildman–Crippen LogP) is 0.429. The second kappa shape index (κ2) is 4.03. The Hall–Kier alpha value is -1.47. The summed E-state index contributed by atoms with van der Waals surface area (Å²) in [5.74, 6) is -2.03. The molecule has 3 N–H and O–H groups in total. The molecule has 7 heteroatoms. The Bertz CT molecular complexity index is 517. The molecule has 18 heavy (non-hydrogen) atoms. The van der Waals surface area contributed by atoms with Gasteiger partial charge < -0.3 is 15.6 Å². The number of hydrogen-bond acceptors (Lipinski definition) is 5. The van der Waals surface area contributed by atoms with Gasteiger partial charge in [-0.15, -0.1) is 0 Å². The summed E-state index contributed by atoms with van der Waals surface area (Å²) in [6.45, 7) is 2.78. The summed E-state index contributed by atoms with van der Waals surface area (Å²) in [5.41, 5.74) is 4.15. The molecule has 100 valence electrons. The molecule has 1 fully saturated rings. The average molecular weight is 257 g/mol. The number of aromatic nitrogens is 2. The van der Waals surface area contributed by atoms with Crippen molar-refractivity contribution in [1.29, 1.82) is 0 Å². The number of aliphatic hydroxyl groups excluding tert-OH is 1. The Morgan fingerprint density at radius 3 is 2.89 bits per heavy atom. The number of rotatable bonds is 2. The van der Waals surface area contributed by atoms with E-state index in [9.17, 15) is 9.18 Å². The molecule has 1 aromatic heterocycles. The molecule has 1 saturated heterocycles. The van der Waals surface area contributed by atoms with Gasteiger partial charge in [0.05, 0.1) is 0 Å². The Morgan fingerprint density at radius 2 is 2.39 bits per heavy atom. The van der Waals surface area contributed by atoms with E-state index < -0.39 is 29.8 Å². The number of aliphatic hydroxyl groups is 1. The highest BCUT2D eigenvalue weighted by Gasteiger charge is 2.52. The highest BCUT2D eigenvalue weighted by Crippen LogP contribution is 2.49. The molecule has 1 aliphatic rings. The maximum Gasteiger partial charge on any atom is 0.351 e. The number of nitrogen functional groups attached to an aromatic ring is 1. The number of ether oxygens (including phenoxy) is 1. The molecule has 0 aliphatic carbocycles. The first-order valence-corrected chi connectivity index (χ1v) is 5.60. The van der Waals surface area contributed by atoms with E-state index in [2.05, 4.69) is 4.98 Å². The van der Waals surface area contributed by atoms with E-state index >= 15 is 0 Å². The van der Waals surface area contributed by atoms with Crippen LogP contribution in [0.5, 0.6) is 0 Å². The summed E-state index contributed by atoms with van der Waals surface area (Å²) >= 11 is 0. The molecule has 0 radical (unpaired) electrons. The summed E-state index contributed by atoms with van der Waals surface area (Å²) in [6, 6.07) is 1.44. The summed E-state index contributed by atoms with van der Waals surface area (Å²) in [7, 11) is 0. The fourth-order valence-electron chi connectivity index (χ4n) is 2.30. The SMILES string of the molecule is CC1(C)C[C@@](F)(CO)O[C@H]1n1ccc(N)nc1=O. The van der Waals surface area contributed by atoms with Gasteiger partial charge >= 0.3 is 5.69 Å². The van der Waals surface area contributed by atoms with Crippen LogP contribution in [-0.4, -0.2) is 27.1 Å². The zero-order valence-electron chi connectivity index (χ0n) is 10.3. The van der Waals surface area contributed by atoms with Crippen molar-refractivity contribution in [2.24, 2.45) is 5.41 Å². The fraction of sp³-hybridized carbons (Fsp3) is 0.636. The van der Waals surface area contributed by atoms with Gasteiger partial charge in [-0.1, -0.05) is 13.8 Å². The van der Waals surface area contributed by atoms with E-state index in [0.29, 0.717) is 0 Å². The third-order valence-corrected chi connectivity index (χ3v) is 3.05. The summed E-state index contributed by atoms with van der Waals surface area (Å²) in [6.07, 6.45) is 0.591. The molecule has 1 aliphatic heterocycles. The molecule has 2 heterocycles. The van der Waals surface area contributed by atoms with E-state index in [4.69, 9.17) is 15.6 Å². The van der Waals surface area contributed by atoms with Gasteiger partial charge in [0.2, 0.25) is 5.85 Å². The summed E-state index contributed by atoms with van der Waals surface area (Å²) in [4.78, 5) is 15.3. The third-order valence-electron chi connectivity index (χ3n) is 3.05. The second-order valence-electron chi connectivity index (χ2n) is 5.22. The third kappa shape index (κ3) is 2.11. The predicted molar refractivity (Wildman–Crippen MR) is 62.4 cm³/mol. The van der Waals surface area contributed by atoms with Crippen molar-refractivity contribution in [3.05, 3.63) is 22.7 Å². The van der Waals surface area contributed by atoms with Crippen LogP contribution < -0.4 is 11.4 Å². The van der Waals surface area contributed by atoms with Gasteiger partial charge in [0.15, 0.2) is 0 Å². The first-order chi connectivity index (χ1) is 8.27. The minimum atomic E-state index is -2.13. The molecule has 0 aromatic carbocycles. The van der Waals surface area contributed by atoms with E-state index in [0.717, 1.165) is 0 Å². The number of alkyl halides is 1. The number of nitrogens with two attached hydrogens (primary N) is 1. The lowest BCUT2D eigenvalue weighted by molar-refractivity contribution is -0.181. The standard InChI is InChI=1S/C11H16FN3O3/c1-10(2)5-11(12,6-16)18-8(10)15-4-3-7(13)14-9(15)17/h3-4,8,16H,5-6H2,1-2H3,(H2,13,14,17)/t8-,11+/m1/s1. The number of anilines is 1. The van der Waals surface area contributed by atoms with Crippen molar-refractivity contribution in [3.8, 4) is 0 Å². The van der Waals surface area contributed by atoms with Crippen molar-refractivity contribution in [3.63, 3.8) is 0 Å². The van der Waals surface area contributed by atoms with Crippen LogP contribution in [0.15, 0.2) is 17.1 Å². The van der Waals surface area contributed by atoms with E-state index in [-0.39, 0.29) is 12.2 Å². The van der Waals surface area contributed by atoms with Crippen molar-refractivity contribution in [2.75, 3.05) is 12.3 Å².